The Hall–Kier alpha value is -2.75. The number of benzene rings is 2. The molecule has 0 aliphatic heterocycles. The SMILES string of the molecule is OC[C@H](O)COc1cccc(Nc2ncc(Br)c(Nc3ccc(F)cc3)n2)c1. The van der Waals surface area contributed by atoms with Gasteiger partial charge < -0.3 is 25.6 Å². The van der Waals surface area contributed by atoms with E-state index in [1.165, 1.54) is 12.1 Å². The lowest BCUT2D eigenvalue weighted by Gasteiger charge is -2.12. The van der Waals surface area contributed by atoms with Gasteiger partial charge in [0.15, 0.2) is 0 Å². The zero-order valence-corrected chi connectivity index (χ0v) is 16.2. The van der Waals surface area contributed by atoms with Gasteiger partial charge in [-0.2, -0.15) is 4.98 Å². The molecule has 7 nitrogen and oxygen atoms in total. The number of hydrogen-bond donors (Lipinski definition) is 4. The van der Waals surface area contributed by atoms with Crippen molar-refractivity contribution >= 4 is 39.1 Å². The number of nitrogens with zero attached hydrogens (tertiary/aromatic N) is 2. The van der Waals surface area contributed by atoms with Crippen molar-refractivity contribution in [2.45, 2.75) is 6.10 Å². The molecule has 0 unspecified atom stereocenters. The highest BCUT2D eigenvalue weighted by atomic mass is 79.9. The van der Waals surface area contributed by atoms with Crippen molar-refractivity contribution in [3.05, 3.63) is 65.0 Å². The van der Waals surface area contributed by atoms with Gasteiger partial charge in [0.1, 0.15) is 30.1 Å². The molecule has 9 heteroatoms. The van der Waals surface area contributed by atoms with Gasteiger partial charge >= 0.3 is 0 Å². The number of rotatable bonds is 8. The van der Waals surface area contributed by atoms with E-state index in [-0.39, 0.29) is 19.0 Å². The molecule has 3 aromatic rings. The summed E-state index contributed by atoms with van der Waals surface area (Å²) in [7, 11) is 0. The molecule has 4 N–H and O–H groups in total. The standard InChI is InChI=1S/C19H18BrFN4O3/c20-17-9-22-19(25-18(17)23-13-6-4-12(21)5-7-13)24-14-2-1-3-16(8-14)28-11-15(27)10-26/h1-9,15,26-27H,10-11H2,(H2,22,23,24,25)/t15-/m0/s1. The van der Waals surface area contributed by atoms with Crippen molar-refractivity contribution in [2.24, 2.45) is 0 Å². The third kappa shape index (κ3) is 5.62. The van der Waals surface area contributed by atoms with Crippen LogP contribution in [0.25, 0.3) is 0 Å². The van der Waals surface area contributed by atoms with Crippen molar-refractivity contribution in [3.63, 3.8) is 0 Å². The molecule has 0 saturated carbocycles. The Labute approximate surface area is 169 Å². The first kappa shape index (κ1) is 20.0. The van der Waals surface area contributed by atoms with E-state index < -0.39 is 6.10 Å². The Morgan fingerprint density at radius 3 is 2.64 bits per heavy atom. The Balaban J connectivity index is 1.71. The number of ether oxygens (including phenoxy) is 1. The minimum atomic E-state index is -0.938. The van der Waals surface area contributed by atoms with E-state index in [2.05, 4.69) is 36.5 Å². The van der Waals surface area contributed by atoms with Crippen molar-refractivity contribution in [2.75, 3.05) is 23.8 Å². The van der Waals surface area contributed by atoms with Gasteiger partial charge in [-0.05, 0) is 52.3 Å². The molecule has 0 amide bonds. The van der Waals surface area contributed by atoms with Crippen LogP contribution in [0.3, 0.4) is 0 Å². The third-order valence-electron chi connectivity index (χ3n) is 3.59. The Morgan fingerprint density at radius 2 is 1.89 bits per heavy atom. The van der Waals surface area contributed by atoms with Crippen LogP contribution in [0.4, 0.5) is 27.5 Å². The van der Waals surface area contributed by atoms with Crippen molar-refractivity contribution in [3.8, 4) is 5.75 Å². The molecule has 1 heterocycles. The fraction of sp³-hybridized carbons (Fsp3) is 0.158. The van der Waals surface area contributed by atoms with E-state index in [0.717, 1.165) is 0 Å². The van der Waals surface area contributed by atoms with Gasteiger partial charge in [0.2, 0.25) is 5.95 Å². The van der Waals surface area contributed by atoms with Crippen LogP contribution in [0.5, 0.6) is 5.75 Å². The molecule has 0 saturated heterocycles. The molecule has 0 spiro atoms. The highest BCUT2D eigenvalue weighted by Gasteiger charge is 2.08. The number of nitrogens with one attached hydrogen (secondary N) is 2. The minimum absolute atomic E-state index is 0.0134. The summed E-state index contributed by atoms with van der Waals surface area (Å²) in [5.41, 5.74) is 1.37. The first-order valence-corrected chi connectivity index (χ1v) is 9.17. The maximum atomic E-state index is 13.1. The van der Waals surface area contributed by atoms with Gasteiger partial charge in [0, 0.05) is 23.6 Å². The van der Waals surface area contributed by atoms with E-state index in [4.69, 9.17) is 9.84 Å². The second kappa shape index (κ2) is 9.45. The monoisotopic (exact) mass is 448 g/mol. The van der Waals surface area contributed by atoms with E-state index in [0.29, 0.717) is 33.4 Å². The molecule has 0 fully saturated rings. The lowest BCUT2D eigenvalue weighted by atomic mass is 10.3. The predicted molar refractivity (Wildman–Crippen MR) is 108 cm³/mol. The van der Waals surface area contributed by atoms with E-state index >= 15 is 0 Å². The smallest absolute Gasteiger partial charge is 0.229 e. The maximum Gasteiger partial charge on any atom is 0.229 e. The third-order valence-corrected chi connectivity index (χ3v) is 4.17. The Morgan fingerprint density at radius 1 is 1.11 bits per heavy atom. The summed E-state index contributed by atoms with van der Waals surface area (Å²) in [5, 5.41) is 24.4. The molecular formula is C19H18BrFN4O3. The predicted octanol–water partition coefficient (Wildman–Crippen LogP) is 3.60. The molecule has 0 bridgehead atoms. The normalized spacial score (nSPS) is 11.7. The summed E-state index contributed by atoms with van der Waals surface area (Å²) in [4.78, 5) is 8.64. The van der Waals surface area contributed by atoms with Crippen LogP contribution in [0, 0.1) is 5.82 Å². The quantitative estimate of drug-likeness (QED) is 0.417. The molecular weight excluding hydrogens is 431 g/mol. The van der Waals surface area contributed by atoms with Gasteiger partial charge in [-0.1, -0.05) is 6.07 Å². The Kier molecular flexibility index (Phi) is 6.75. The number of aromatic nitrogens is 2. The summed E-state index contributed by atoms with van der Waals surface area (Å²) in [6.45, 7) is -0.380. The zero-order valence-electron chi connectivity index (χ0n) is 14.6. The van der Waals surface area contributed by atoms with Crippen LogP contribution in [-0.4, -0.2) is 39.5 Å². The van der Waals surface area contributed by atoms with E-state index in [1.54, 1.807) is 36.5 Å². The summed E-state index contributed by atoms with van der Waals surface area (Å²) in [5.74, 6) is 1.07. The topological polar surface area (TPSA) is 99.5 Å². The highest BCUT2D eigenvalue weighted by Crippen LogP contribution is 2.26. The zero-order chi connectivity index (χ0) is 19.9. The van der Waals surface area contributed by atoms with Gasteiger partial charge in [0.05, 0.1) is 11.1 Å². The lowest BCUT2D eigenvalue weighted by Crippen LogP contribution is -2.21. The van der Waals surface area contributed by atoms with Gasteiger partial charge in [-0.3, -0.25) is 0 Å². The van der Waals surface area contributed by atoms with Crippen LogP contribution in [0.1, 0.15) is 0 Å². The molecule has 146 valence electrons. The molecule has 1 aromatic heterocycles. The summed E-state index contributed by atoms with van der Waals surface area (Å²) >= 11 is 3.39. The van der Waals surface area contributed by atoms with Crippen LogP contribution >= 0.6 is 15.9 Å². The number of halogens is 2. The number of aliphatic hydroxyl groups excluding tert-OH is 2. The van der Waals surface area contributed by atoms with Crippen molar-refractivity contribution < 1.29 is 19.3 Å². The molecule has 3 rings (SSSR count). The highest BCUT2D eigenvalue weighted by molar-refractivity contribution is 9.10. The number of hydrogen-bond acceptors (Lipinski definition) is 7. The minimum Gasteiger partial charge on any atom is -0.491 e. The fourth-order valence-corrected chi connectivity index (χ4v) is 2.51. The summed E-state index contributed by atoms with van der Waals surface area (Å²) < 4.78 is 19.1. The van der Waals surface area contributed by atoms with Crippen LogP contribution < -0.4 is 15.4 Å². The molecule has 0 aliphatic carbocycles. The number of anilines is 4. The summed E-state index contributed by atoms with van der Waals surface area (Å²) in [6, 6.07) is 13.0. The van der Waals surface area contributed by atoms with E-state index in [1.807, 2.05) is 6.07 Å². The molecule has 1 atom stereocenters. The van der Waals surface area contributed by atoms with E-state index in [9.17, 15) is 9.50 Å². The Bertz CT molecular complexity index is 927. The fourth-order valence-electron chi connectivity index (χ4n) is 2.22. The lowest BCUT2D eigenvalue weighted by molar-refractivity contribution is 0.0536. The summed E-state index contributed by atoms with van der Waals surface area (Å²) in [6.07, 6.45) is 0.658. The second-order valence-electron chi connectivity index (χ2n) is 5.82. The van der Waals surface area contributed by atoms with Crippen LogP contribution in [0.2, 0.25) is 0 Å². The first-order valence-electron chi connectivity index (χ1n) is 8.37. The molecule has 2 aromatic carbocycles. The molecule has 0 aliphatic rings. The molecule has 28 heavy (non-hydrogen) atoms. The van der Waals surface area contributed by atoms with Crippen molar-refractivity contribution in [1.82, 2.24) is 9.97 Å². The average molecular weight is 449 g/mol. The first-order chi connectivity index (χ1) is 13.5. The largest absolute Gasteiger partial charge is 0.491 e. The van der Waals surface area contributed by atoms with Gasteiger partial charge in [-0.15, -0.1) is 0 Å². The number of aliphatic hydroxyl groups is 2. The average Bonchev–Trinajstić information content (AvgIpc) is 2.70. The second-order valence-corrected chi connectivity index (χ2v) is 6.68. The van der Waals surface area contributed by atoms with Crippen LogP contribution in [0.15, 0.2) is 59.2 Å². The van der Waals surface area contributed by atoms with Crippen LogP contribution in [-0.2, 0) is 0 Å². The van der Waals surface area contributed by atoms with Gasteiger partial charge in [0.25, 0.3) is 0 Å². The van der Waals surface area contributed by atoms with Gasteiger partial charge in [-0.25, -0.2) is 9.37 Å². The maximum absolute atomic E-state index is 13.1. The van der Waals surface area contributed by atoms with Crippen molar-refractivity contribution in [1.29, 1.82) is 0 Å². The molecule has 0 radical (unpaired) electrons.